The molecule has 1 aromatic carbocycles. The van der Waals surface area contributed by atoms with E-state index in [2.05, 4.69) is 6.58 Å². The lowest BCUT2D eigenvalue weighted by atomic mass is 10.0. The van der Waals surface area contributed by atoms with Crippen LogP contribution in [0.1, 0.15) is 29.8 Å². The highest BCUT2D eigenvalue weighted by Gasteiger charge is 2.28. The topological polar surface area (TPSA) is 61.8 Å². The summed E-state index contributed by atoms with van der Waals surface area (Å²) in [5.41, 5.74) is 2.14. The van der Waals surface area contributed by atoms with E-state index in [0.717, 1.165) is 5.56 Å². The number of benzene rings is 1. The zero-order valence-corrected chi connectivity index (χ0v) is 12.4. The number of hydrogen-bond donors (Lipinski definition) is 0. The van der Waals surface area contributed by atoms with E-state index in [9.17, 15) is 9.59 Å². The highest BCUT2D eigenvalue weighted by Crippen LogP contribution is 2.36. The van der Waals surface area contributed by atoms with Crippen LogP contribution in [-0.4, -0.2) is 31.6 Å². The first-order chi connectivity index (χ1) is 9.92. The highest BCUT2D eigenvalue weighted by atomic mass is 16.5. The third kappa shape index (κ3) is 3.24. The van der Waals surface area contributed by atoms with E-state index in [-0.39, 0.29) is 24.5 Å². The first kappa shape index (κ1) is 15.1. The van der Waals surface area contributed by atoms with Gasteiger partial charge in [0.1, 0.15) is 24.2 Å². The number of carbonyl (C=O) groups excluding carboxylic acids is 2. The van der Waals surface area contributed by atoms with Gasteiger partial charge >= 0.3 is 5.97 Å². The fourth-order valence-corrected chi connectivity index (χ4v) is 2.23. The molecule has 0 saturated carbocycles. The molecule has 1 aliphatic heterocycles. The van der Waals surface area contributed by atoms with Crippen LogP contribution in [0.2, 0.25) is 0 Å². The Bertz CT molecular complexity index is 603. The van der Waals surface area contributed by atoms with Gasteiger partial charge in [-0.1, -0.05) is 6.58 Å². The molecule has 1 aliphatic rings. The normalized spacial score (nSPS) is 15.9. The lowest BCUT2D eigenvalue weighted by molar-refractivity contribution is -0.140. The van der Waals surface area contributed by atoms with Gasteiger partial charge in [0.25, 0.3) is 0 Å². The molecule has 112 valence electrons. The minimum atomic E-state index is -0.354. The lowest BCUT2D eigenvalue weighted by Crippen LogP contribution is -2.20. The van der Waals surface area contributed by atoms with Gasteiger partial charge in [0.15, 0.2) is 5.78 Å². The summed E-state index contributed by atoms with van der Waals surface area (Å²) >= 11 is 0. The number of ether oxygens (including phenoxy) is 3. The van der Waals surface area contributed by atoms with Crippen molar-refractivity contribution in [2.24, 2.45) is 0 Å². The summed E-state index contributed by atoms with van der Waals surface area (Å²) in [6, 6.07) is 3.50. The Hall–Kier alpha value is -2.30. The number of ketones is 1. The molecule has 0 N–H and O–H groups in total. The van der Waals surface area contributed by atoms with Crippen LogP contribution in [0.25, 0.3) is 0 Å². The number of carbonyl (C=O) groups is 2. The van der Waals surface area contributed by atoms with Crippen LogP contribution < -0.4 is 9.47 Å². The van der Waals surface area contributed by atoms with Crippen molar-refractivity contribution in [1.29, 1.82) is 0 Å². The Balaban J connectivity index is 2.17. The number of hydrogen-bond acceptors (Lipinski definition) is 5. The standard InChI is InChI=1S/C16H18O5/c1-9(8-20-11(3)18)14-6-12-5-13(10(2)17)16(19-4)7-15(12)21-14/h5,7,14H,1,6,8H2,2-4H3/t14-/m0/s1. The number of rotatable bonds is 5. The molecule has 2 rings (SSSR count). The van der Waals surface area contributed by atoms with Gasteiger partial charge in [-0.05, 0) is 18.6 Å². The van der Waals surface area contributed by atoms with Gasteiger partial charge in [0.05, 0.1) is 12.7 Å². The molecular formula is C16H18O5. The van der Waals surface area contributed by atoms with Crippen LogP contribution >= 0.6 is 0 Å². The first-order valence-electron chi connectivity index (χ1n) is 6.62. The maximum Gasteiger partial charge on any atom is 0.302 e. The Morgan fingerprint density at radius 3 is 2.67 bits per heavy atom. The van der Waals surface area contributed by atoms with Crippen molar-refractivity contribution < 1.29 is 23.8 Å². The van der Waals surface area contributed by atoms with Crippen molar-refractivity contribution >= 4 is 11.8 Å². The summed E-state index contributed by atoms with van der Waals surface area (Å²) in [5, 5.41) is 0. The second-order valence-corrected chi connectivity index (χ2v) is 4.97. The molecule has 0 aliphatic carbocycles. The average molecular weight is 290 g/mol. The van der Waals surface area contributed by atoms with Crippen LogP contribution in [0, 0.1) is 0 Å². The quantitative estimate of drug-likeness (QED) is 0.473. The third-order valence-corrected chi connectivity index (χ3v) is 3.35. The smallest absolute Gasteiger partial charge is 0.302 e. The second kappa shape index (κ2) is 5.99. The van der Waals surface area contributed by atoms with Crippen molar-refractivity contribution in [3.63, 3.8) is 0 Å². The summed E-state index contributed by atoms with van der Waals surface area (Å²) in [4.78, 5) is 22.4. The van der Waals surface area contributed by atoms with E-state index in [1.807, 2.05) is 0 Å². The van der Waals surface area contributed by atoms with Crippen molar-refractivity contribution in [3.05, 3.63) is 35.4 Å². The lowest BCUT2D eigenvalue weighted by Gasteiger charge is -2.13. The zero-order chi connectivity index (χ0) is 15.6. The molecule has 1 atom stereocenters. The van der Waals surface area contributed by atoms with Crippen LogP contribution in [0.4, 0.5) is 0 Å². The van der Waals surface area contributed by atoms with Gasteiger partial charge in [0.2, 0.25) is 0 Å². The fraction of sp³-hybridized carbons (Fsp3) is 0.375. The molecule has 21 heavy (non-hydrogen) atoms. The minimum Gasteiger partial charge on any atom is -0.496 e. The SMILES string of the molecule is C=C(COC(C)=O)[C@@H]1Cc2cc(C(C)=O)c(OC)cc2O1. The molecule has 5 nitrogen and oxygen atoms in total. The van der Waals surface area contributed by atoms with Crippen molar-refractivity contribution in [1.82, 2.24) is 0 Å². The van der Waals surface area contributed by atoms with Crippen molar-refractivity contribution in [2.75, 3.05) is 13.7 Å². The predicted octanol–water partition coefficient (Wildman–Crippen LogP) is 2.32. The molecule has 0 aromatic heterocycles. The number of esters is 1. The van der Waals surface area contributed by atoms with E-state index in [4.69, 9.17) is 14.2 Å². The molecule has 0 amide bonds. The number of fused-ring (bicyclic) bond motifs is 1. The largest absolute Gasteiger partial charge is 0.496 e. The van der Waals surface area contributed by atoms with E-state index in [0.29, 0.717) is 29.1 Å². The average Bonchev–Trinajstić information content (AvgIpc) is 2.85. The predicted molar refractivity (Wildman–Crippen MR) is 76.9 cm³/mol. The molecular weight excluding hydrogens is 272 g/mol. The molecule has 0 unspecified atom stereocenters. The Morgan fingerprint density at radius 2 is 2.10 bits per heavy atom. The molecule has 1 aromatic rings. The van der Waals surface area contributed by atoms with E-state index < -0.39 is 0 Å². The van der Waals surface area contributed by atoms with E-state index in [1.165, 1.54) is 21.0 Å². The number of Topliss-reactive ketones (excluding diaryl/α,β-unsaturated/α-hetero) is 1. The van der Waals surface area contributed by atoms with Gasteiger partial charge in [-0.25, -0.2) is 0 Å². The highest BCUT2D eigenvalue weighted by molar-refractivity contribution is 5.97. The van der Waals surface area contributed by atoms with Crippen LogP contribution in [0.3, 0.4) is 0 Å². The van der Waals surface area contributed by atoms with E-state index in [1.54, 1.807) is 12.1 Å². The van der Waals surface area contributed by atoms with Gasteiger partial charge in [-0.15, -0.1) is 0 Å². The second-order valence-electron chi connectivity index (χ2n) is 4.97. The van der Waals surface area contributed by atoms with Crippen LogP contribution in [0.5, 0.6) is 11.5 Å². The van der Waals surface area contributed by atoms with Crippen molar-refractivity contribution in [2.45, 2.75) is 26.4 Å². The summed E-state index contributed by atoms with van der Waals surface area (Å²) in [7, 11) is 1.51. The maximum absolute atomic E-state index is 11.6. The molecule has 0 radical (unpaired) electrons. The van der Waals surface area contributed by atoms with Gasteiger partial charge < -0.3 is 14.2 Å². The molecule has 0 bridgehead atoms. The fourth-order valence-electron chi connectivity index (χ4n) is 2.23. The maximum atomic E-state index is 11.6. The molecule has 1 heterocycles. The molecule has 0 fully saturated rings. The summed E-state index contributed by atoms with van der Waals surface area (Å²) < 4.78 is 15.9. The van der Waals surface area contributed by atoms with Gasteiger partial charge in [-0.2, -0.15) is 0 Å². The molecule has 0 spiro atoms. The Kier molecular flexibility index (Phi) is 4.31. The first-order valence-corrected chi connectivity index (χ1v) is 6.62. The summed E-state index contributed by atoms with van der Waals surface area (Å²) in [5.74, 6) is 0.752. The number of methoxy groups -OCH3 is 1. The monoisotopic (exact) mass is 290 g/mol. The zero-order valence-electron chi connectivity index (χ0n) is 12.4. The summed E-state index contributed by atoms with van der Waals surface area (Å²) in [6.07, 6.45) is 0.339. The minimum absolute atomic E-state index is 0.0585. The summed E-state index contributed by atoms with van der Waals surface area (Å²) in [6.45, 7) is 6.87. The Morgan fingerprint density at radius 1 is 1.38 bits per heavy atom. The van der Waals surface area contributed by atoms with Crippen LogP contribution in [-0.2, 0) is 16.0 Å². The van der Waals surface area contributed by atoms with Gasteiger partial charge in [0, 0.05) is 25.0 Å². The third-order valence-electron chi connectivity index (χ3n) is 3.35. The van der Waals surface area contributed by atoms with Crippen molar-refractivity contribution in [3.8, 4) is 11.5 Å². The van der Waals surface area contributed by atoms with Gasteiger partial charge in [-0.3, -0.25) is 9.59 Å². The molecule has 0 saturated heterocycles. The Labute approximate surface area is 123 Å². The van der Waals surface area contributed by atoms with E-state index >= 15 is 0 Å². The van der Waals surface area contributed by atoms with Crippen LogP contribution in [0.15, 0.2) is 24.3 Å². The molecule has 5 heteroatoms.